The Morgan fingerprint density at radius 1 is 1.14 bits per heavy atom. The summed E-state index contributed by atoms with van der Waals surface area (Å²) in [6.07, 6.45) is -1.93. The summed E-state index contributed by atoms with van der Waals surface area (Å²) in [7, 11) is 0. The number of aliphatic hydroxyl groups excluding tert-OH is 2. The van der Waals surface area contributed by atoms with E-state index in [4.69, 9.17) is 5.26 Å². The molecule has 6 nitrogen and oxygen atoms in total. The lowest BCUT2D eigenvalue weighted by atomic mass is 9.61. The zero-order valence-electron chi connectivity index (χ0n) is 12.9. The second-order valence-corrected chi connectivity index (χ2v) is 7.53. The van der Waals surface area contributed by atoms with Crippen LogP contribution in [0.4, 0.5) is 0 Å². The summed E-state index contributed by atoms with van der Waals surface area (Å²) in [5.41, 5.74) is -5.75. The number of carbonyl (C=O) groups is 1. The van der Waals surface area contributed by atoms with Gasteiger partial charge in [0.25, 0.3) is 0 Å². The first-order valence-electron chi connectivity index (χ1n) is 7.46. The molecule has 0 aromatic carbocycles. The maximum absolute atomic E-state index is 12.7. The molecule has 0 aromatic rings. The van der Waals surface area contributed by atoms with Crippen LogP contribution in [0.25, 0.3) is 0 Å². The van der Waals surface area contributed by atoms with Gasteiger partial charge in [0.1, 0.15) is 5.60 Å². The van der Waals surface area contributed by atoms with Gasteiger partial charge in [0.05, 0.1) is 23.9 Å². The van der Waals surface area contributed by atoms with Crippen molar-refractivity contribution < 1.29 is 25.2 Å². The standard InChI is InChI=1S/C16H21NO5/c1-13(6-7-17)10(18)8-9(12(13)20)14(2,21)16(4-5-16)15(3,22)11(8)19/h10,12,18,20-22H,4-6H2,1-3H3. The van der Waals surface area contributed by atoms with E-state index in [0.29, 0.717) is 12.8 Å². The van der Waals surface area contributed by atoms with Gasteiger partial charge in [-0.25, -0.2) is 0 Å². The van der Waals surface area contributed by atoms with E-state index < -0.39 is 40.0 Å². The fraction of sp³-hybridized carbons (Fsp3) is 0.750. The van der Waals surface area contributed by atoms with Crippen molar-refractivity contribution in [1.82, 2.24) is 0 Å². The second kappa shape index (κ2) is 3.98. The molecule has 0 amide bonds. The zero-order chi connectivity index (χ0) is 16.7. The molecule has 4 N–H and O–H groups in total. The highest BCUT2D eigenvalue weighted by molar-refractivity contribution is 6.06. The number of hydrogen-bond donors (Lipinski definition) is 4. The fourth-order valence-electron chi connectivity index (χ4n) is 4.55. The van der Waals surface area contributed by atoms with Gasteiger partial charge < -0.3 is 20.4 Å². The van der Waals surface area contributed by atoms with E-state index in [1.807, 2.05) is 6.07 Å². The first kappa shape index (κ1) is 15.6. The Morgan fingerprint density at radius 2 is 1.68 bits per heavy atom. The molecule has 5 unspecified atom stereocenters. The summed E-state index contributed by atoms with van der Waals surface area (Å²) in [4.78, 5) is 12.7. The van der Waals surface area contributed by atoms with Gasteiger partial charge in [-0.3, -0.25) is 4.79 Å². The van der Waals surface area contributed by atoms with Gasteiger partial charge in [-0.05, 0) is 26.7 Å². The largest absolute Gasteiger partial charge is 0.388 e. The zero-order valence-corrected chi connectivity index (χ0v) is 12.9. The molecular formula is C16H21NO5. The lowest BCUT2D eigenvalue weighted by Gasteiger charge is -2.48. The van der Waals surface area contributed by atoms with E-state index in [1.165, 1.54) is 20.8 Å². The maximum Gasteiger partial charge on any atom is 0.193 e. The number of hydrogen-bond acceptors (Lipinski definition) is 6. The second-order valence-electron chi connectivity index (χ2n) is 7.53. The topological polar surface area (TPSA) is 122 Å². The minimum Gasteiger partial charge on any atom is -0.388 e. The van der Waals surface area contributed by atoms with Crippen molar-refractivity contribution in [2.45, 2.75) is 63.4 Å². The number of rotatable bonds is 1. The smallest absolute Gasteiger partial charge is 0.193 e. The van der Waals surface area contributed by atoms with Gasteiger partial charge in [0.15, 0.2) is 5.78 Å². The van der Waals surface area contributed by atoms with Crippen LogP contribution >= 0.6 is 0 Å². The summed E-state index contributed by atoms with van der Waals surface area (Å²) in [6, 6.07) is 1.92. The van der Waals surface area contributed by atoms with Crippen molar-refractivity contribution in [3.63, 3.8) is 0 Å². The first-order chi connectivity index (χ1) is 9.99. The highest BCUT2D eigenvalue weighted by Gasteiger charge is 2.76. The third kappa shape index (κ3) is 1.36. The predicted octanol–water partition coefficient (Wildman–Crippen LogP) is -0.197. The van der Waals surface area contributed by atoms with Crippen molar-refractivity contribution in [3.05, 3.63) is 11.1 Å². The van der Waals surface area contributed by atoms with E-state index >= 15 is 0 Å². The number of carbonyl (C=O) groups excluding carboxylic acids is 1. The molecule has 3 rings (SSSR count). The van der Waals surface area contributed by atoms with Gasteiger partial charge in [-0.1, -0.05) is 6.92 Å². The first-order valence-corrected chi connectivity index (χ1v) is 7.46. The van der Waals surface area contributed by atoms with Crippen molar-refractivity contribution in [3.8, 4) is 6.07 Å². The molecule has 0 bridgehead atoms. The molecule has 22 heavy (non-hydrogen) atoms. The van der Waals surface area contributed by atoms with Crippen LogP contribution in [-0.2, 0) is 4.79 Å². The average molecular weight is 307 g/mol. The van der Waals surface area contributed by atoms with Crippen LogP contribution in [0.5, 0.6) is 0 Å². The molecule has 3 aliphatic carbocycles. The average Bonchev–Trinajstić information content (AvgIpc) is 3.20. The lowest BCUT2D eigenvalue weighted by Crippen LogP contribution is -2.61. The van der Waals surface area contributed by atoms with Crippen molar-refractivity contribution in [2.24, 2.45) is 10.8 Å². The Kier molecular flexibility index (Phi) is 2.83. The third-order valence-electron chi connectivity index (χ3n) is 6.37. The molecular weight excluding hydrogens is 286 g/mol. The fourth-order valence-corrected chi connectivity index (χ4v) is 4.55. The van der Waals surface area contributed by atoms with Gasteiger partial charge in [0.2, 0.25) is 0 Å². The predicted molar refractivity (Wildman–Crippen MR) is 75.3 cm³/mol. The molecule has 120 valence electrons. The van der Waals surface area contributed by atoms with Gasteiger partial charge >= 0.3 is 0 Å². The van der Waals surface area contributed by atoms with Crippen LogP contribution in [0.2, 0.25) is 0 Å². The molecule has 0 heterocycles. The van der Waals surface area contributed by atoms with Gasteiger partial charge in [-0.2, -0.15) is 5.26 Å². The third-order valence-corrected chi connectivity index (χ3v) is 6.37. The summed E-state index contributed by atoms with van der Waals surface area (Å²) in [5, 5.41) is 52.0. The molecule has 6 heteroatoms. The van der Waals surface area contributed by atoms with Crippen LogP contribution in [0.3, 0.4) is 0 Å². The molecule has 1 saturated carbocycles. The molecule has 3 aliphatic rings. The number of aliphatic hydroxyl groups is 4. The Balaban J connectivity index is 2.24. The van der Waals surface area contributed by atoms with Crippen LogP contribution in [-0.4, -0.2) is 49.6 Å². The minimum absolute atomic E-state index is 0.0757. The van der Waals surface area contributed by atoms with E-state index in [0.717, 1.165) is 0 Å². The normalized spacial score (nSPS) is 49.3. The van der Waals surface area contributed by atoms with Crippen molar-refractivity contribution in [1.29, 1.82) is 5.26 Å². The minimum atomic E-state index is -1.80. The van der Waals surface area contributed by atoms with Gasteiger partial charge in [-0.15, -0.1) is 0 Å². The van der Waals surface area contributed by atoms with E-state index in [9.17, 15) is 25.2 Å². The summed E-state index contributed by atoms with van der Waals surface area (Å²) in [6.45, 7) is 4.35. The van der Waals surface area contributed by atoms with Crippen LogP contribution in [0, 0.1) is 22.2 Å². The Labute approximate surface area is 128 Å². The van der Waals surface area contributed by atoms with Crippen LogP contribution in [0.1, 0.15) is 40.0 Å². The van der Waals surface area contributed by atoms with Crippen molar-refractivity contribution >= 4 is 5.78 Å². The summed E-state index contributed by atoms with van der Waals surface area (Å²) in [5.74, 6) is -0.653. The Morgan fingerprint density at radius 3 is 2.14 bits per heavy atom. The number of Topliss-reactive ketones (excluding diaryl/α,β-unsaturated/α-hetero) is 1. The Hall–Kier alpha value is -1.26. The molecule has 5 atom stereocenters. The SMILES string of the molecule is CC1(CC#N)C(O)C2=C(C1O)C(C)(O)C1(CC1)C(C)(O)C2=O. The number of nitrogens with zero attached hydrogens (tertiary/aromatic N) is 1. The number of ketones is 1. The van der Waals surface area contributed by atoms with Crippen LogP contribution < -0.4 is 0 Å². The number of nitriles is 1. The van der Waals surface area contributed by atoms with E-state index in [2.05, 4.69) is 0 Å². The van der Waals surface area contributed by atoms with Gasteiger partial charge in [0, 0.05) is 28.4 Å². The monoisotopic (exact) mass is 307 g/mol. The highest BCUT2D eigenvalue weighted by Crippen LogP contribution is 2.69. The summed E-state index contributed by atoms with van der Waals surface area (Å²) >= 11 is 0. The molecule has 0 aliphatic heterocycles. The molecule has 1 fully saturated rings. The molecule has 0 radical (unpaired) electrons. The summed E-state index contributed by atoms with van der Waals surface area (Å²) < 4.78 is 0. The maximum atomic E-state index is 12.7. The van der Waals surface area contributed by atoms with E-state index in [1.54, 1.807) is 0 Å². The van der Waals surface area contributed by atoms with Crippen LogP contribution in [0.15, 0.2) is 11.1 Å². The molecule has 1 spiro atoms. The van der Waals surface area contributed by atoms with E-state index in [-0.39, 0.29) is 17.6 Å². The quantitative estimate of drug-likeness (QED) is 0.532. The molecule has 0 aromatic heterocycles. The highest BCUT2D eigenvalue weighted by atomic mass is 16.3. The lowest BCUT2D eigenvalue weighted by molar-refractivity contribution is -0.160. The Bertz CT molecular complexity index is 637. The van der Waals surface area contributed by atoms with Crippen molar-refractivity contribution in [2.75, 3.05) is 0 Å². The molecule has 0 saturated heterocycles.